The van der Waals surface area contributed by atoms with E-state index < -0.39 is 0 Å². The summed E-state index contributed by atoms with van der Waals surface area (Å²) in [6.45, 7) is 3.04. The third-order valence-electron chi connectivity index (χ3n) is 2.89. The van der Waals surface area contributed by atoms with Gasteiger partial charge in [0.1, 0.15) is 5.75 Å². The second-order valence-electron chi connectivity index (χ2n) is 4.35. The highest BCUT2D eigenvalue weighted by molar-refractivity contribution is 5.98. The number of nitrogens with one attached hydrogen (secondary N) is 1. The van der Waals surface area contributed by atoms with E-state index in [1.807, 2.05) is 31.2 Å². The van der Waals surface area contributed by atoms with Crippen LogP contribution in [0.15, 0.2) is 48.5 Å². The van der Waals surface area contributed by atoms with Crippen molar-refractivity contribution in [3.05, 3.63) is 59.7 Å². The fourth-order valence-corrected chi connectivity index (χ4v) is 1.85. The van der Waals surface area contributed by atoms with Crippen molar-refractivity contribution >= 4 is 11.6 Å². The third-order valence-corrected chi connectivity index (χ3v) is 2.89. The molecule has 0 aliphatic carbocycles. The second kappa shape index (κ2) is 6.61. The first-order valence-corrected chi connectivity index (χ1v) is 6.55. The highest BCUT2D eigenvalue weighted by Crippen LogP contribution is 2.13. The van der Waals surface area contributed by atoms with Crippen molar-refractivity contribution in [1.29, 1.82) is 0 Å². The summed E-state index contributed by atoms with van der Waals surface area (Å²) in [7, 11) is 0. The minimum Gasteiger partial charge on any atom is -0.494 e. The Labute approximate surface area is 118 Å². The molecule has 0 aliphatic rings. The highest BCUT2D eigenvalue weighted by atomic mass is 16.5. The van der Waals surface area contributed by atoms with E-state index in [4.69, 9.17) is 10.5 Å². The molecule has 0 aromatic heterocycles. The quantitative estimate of drug-likeness (QED) is 0.821. The van der Waals surface area contributed by atoms with Crippen LogP contribution in [0.5, 0.6) is 5.75 Å². The van der Waals surface area contributed by atoms with Gasteiger partial charge in [0.2, 0.25) is 0 Å². The minimum absolute atomic E-state index is 0.169. The summed E-state index contributed by atoms with van der Waals surface area (Å²) in [4.78, 5) is 12.0. The highest BCUT2D eigenvalue weighted by Gasteiger charge is 2.08. The van der Waals surface area contributed by atoms with Gasteiger partial charge in [-0.25, -0.2) is 0 Å². The summed E-state index contributed by atoms with van der Waals surface area (Å²) in [5.41, 5.74) is 7.76. The average molecular weight is 270 g/mol. The van der Waals surface area contributed by atoms with E-state index in [9.17, 15) is 4.79 Å². The number of benzene rings is 2. The number of carbonyl (C=O) groups is 1. The number of nitrogen functional groups attached to an aromatic ring is 1. The van der Waals surface area contributed by atoms with Gasteiger partial charge in [0.15, 0.2) is 0 Å². The molecule has 2 aromatic rings. The SMILES string of the molecule is CCOc1ccc(CNC(=O)c2ccccc2N)cc1. The number of para-hydroxylation sites is 1. The Morgan fingerprint density at radius 2 is 1.85 bits per heavy atom. The summed E-state index contributed by atoms with van der Waals surface area (Å²) >= 11 is 0. The fourth-order valence-electron chi connectivity index (χ4n) is 1.85. The molecule has 0 saturated heterocycles. The Bertz CT molecular complexity index is 579. The number of carbonyl (C=O) groups excluding carboxylic acids is 1. The van der Waals surface area contributed by atoms with Gasteiger partial charge in [-0.15, -0.1) is 0 Å². The third kappa shape index (κ3) is 3.51. The van der Waals surface area contributed by atoms with Crippen molar-refractivity contribution in [2.24, 2.45) is 0 Å². The van der Waals surface area contributed by atoms with E-state index in [0.29, 0.717) is 24.4 Å². The minimum atomic E-state index is -0.169. The molecule has 2 aromatic carbocycles. The van der Waals surface area contributed by atoms with E-state index in [-0.39, 0.29) is 5.91 Å². The van der Waals surface area contributed by atoms with Crippen LogP contribution >= 0.6 is 0 Å². The lowest BCUT2D eigenvalue weighted by Crippen LogP contribution is -2.23. The van der Waals surface area contributed by atoms with Crippen molar-refractivity contribution in [3.8, 4) is 5.75 Å². The zero-order valence-corrected chi connectivity index (χ0v) is 11.4. The number of amides is 1. The molecule has 0 heterocycles. The maximum atomic E-state index is 12.0. The Morgan fingerprint density at radius 1 is 1.15 bits per heavy atom. The monoisotopic (exact) mass is 270 g/mol. The van der Waals surface area contributed by atoms with Crippen LogP contribution in [-0.4, -0.2) is 12.5 Å². The second-order valence-corrected chi connectivity index (χ2v) is 4.35. The molecule has 4 nitrogen and oxygen atoms in total. The normalized spacial score (nSPS) is 10.1. The number of nitrogens with two attached hydrogens (primary N) is 1. The summed E-state index contributed by atoms with van der Waals surface area (Å²) in [6.07, 6.45) is 0. The molecule has 20 heavy (non-hydrogen) atoms. The van der Waals surface area contributed by atoms with Crippen LogP contribution in [0.3, 0.4) is 0 Å². The molecule has 0 bridgehead atoms. The summed E-state index contributed by atoms with van der Waals surface area (Å²) < 4.78 is 5.37. The number of rotatable bonds is 5. The molecular weight excluding hydrogens is 252 g/mol. The molecular formula is C16H18N2O2. The van der Waals surface area contributed by atoms with Crippen LogP contribution in [0, 0.1) is 0 Å². The van der Waals surface area contributed by atoms with Gasteiger partial charge in [0.05, 0.1) is 12.2 Å². The molecule has 3 N–H and O–H groups in total. The molecule has 2 rings (SSSR count). The zero-order chi connectivity index (χ0) is 14.4. The average Bonchev–Trinajstić information content (AvgIpc) is 2.47. The first kappa shape index (κ1) is 13.9. The topological polar surface area (TPSA) is 64.3 Å². The number of ether oxygens (including phenoxy) is 1. The van der Waals surface area contributed by atoms with Crippen LogP contribution in [0.4, 0.5) is 5.69 Å². The van der Waals surface area contributed by atoms with Gasteiger partial charge in [0, 0.05) is 12.2 Å². The van der Waals surface area contributed by atoms with Crippen molar-refractivity contribution in [2.75, 3.05) is 12.3 Å². The molecule has 104 valence electrons. The lowest BCUT2D eigenvalue weighted by molar-refractivity contribution is 0.0952. The standard InChI is InChI=1S/C16H18N2O2/c1-2-20-13-9-7-12(8-10-13)11-18-16(19)14-5-3-4-6-15(14)17/h3-10H,2,11,17H2,1H3,(H,18,19). The van der Waals surface area contributed by atoms with E-state index in [1.165, 1.54) is 0 Å². The van der Waals surface area contributed by atoms with Gasteiger partial charge >= 0.3 is 0 Å². The Kier molecular flexibility index (Phi) is 4.60. The maximum Gasteiger partial charge on any atom is 0.253 e. The Hall–Kier alpha value is -2.49. The summed E-state index contributed by atoms with van der Waals surface area (Å²) in [6, 6.07) is 14.7. The van der Waals surface area contributed by atoms with Crippen molar-refractivity contribution < 1.29 is 9.53 Å². The van der Waals surface area contributed by atoms with Gasteiger partial charge < -0.3 is 15.8 Å². The lowest BCUT2D eigenvalue weighted by atomic mass is 10.1. The first-order valence-electron chi connectivity index (χ1n) is 6.55. The fraction of sp³-hybridized carbons (Fsp3) is 0.188. The number of anilines is 1. The van der Waals surface area contributed by atoms with Crippen LogP contribution in [0.2, 0.25) is 0 Å². The van der Waals surface area contributed by atoms with E-state index in [1.54, 1.807) is 24.3 Å². The van der Waals surface area contributed by atoms with Crippen LogP contribution < -0.4 is 15.8 Å². The first-order chi connectivity index (χ1) is 9.70. The molecule has 0 radical (unpaired) electrons. The maximum absolute atomic E-state index is 12.0. The predicted molar refractivity (Wildman–Crippen MR) is 79.6 cm³/mol. The molecule has 4 heteroatoms. The summed E-state index contributed by atoms with van der Waals surface area (Å²) in [5, 5.41) is 2.85. The van der Waals surface area contributed by atoms with Crippen molar-refractivity contribution in [3.63, 3.8) is 0 Å². The smallest absolute Gasteiger partial charge is 0.253 e. The Morgan fingerprint density at radius 3 is 2.50 bits per heavy atom. The largest absolute Gasteiger partial charge is 0.494 e. The van der Waals surface area contributed by atoms with Gasteiger partial charge in [-0.1, -0.05) is 24.3 Å². The van der Waals surface area contributed by atoms with Gasteiger partial charge in [-0.3, -0.25) is 4.79 Å². The lowest BCUT2D eigenvalue weighted by Gasteiger charge is -2.08. The molecule has 1 amide bonds. The molecule has 0 spiro atoms. The zero-order valence-electron chi connectivity index (χ0n) is 11.4. The van der Waals surface area contributed by atoms with Gasteiger partial charge in [-0.05, 0) is 36.8 Å². The van der Waals surface area contributed by atoms with E-state index in [2.05, 4.69) is 5.32 Å². The Balaban J connectivity index is 1.95. The van der Waals surface area contributed by atoms with Crippen LogP contribution in [0.25, 0.3) is 0 Å². The van der Waals surface area contributed by atoms with E-state index in [0.717, 1.165) is 11.3 Å². The molecule has 0 unspecified atom stereocenters. The van der Waals surface area contributed by atoms with Crippen molar-refractivity contribution in [1.82, 2.24) is 5.32 Å². The molecule has 0 fully saturated rings. The van der Waals surface area contributed by atoms with E-state index >= 15 is 0 Å². The van der Waals surface area contributed by atoms with Crippen LogP contribution in [0.1, 0.15) is 22.8 Å². The van der Waals surface area contributed by atoms with Crippen LogP contribution in [-0.2, 0) is 6.54 Å². The molecule has 0 atom stereocenters. The van der Waals surface area contributed by atoms with Gasteiger partial charge in [-0.2, -0.15) is 0 Å². The molecule has 0 aliphatic heterocycles. The predicted octanol–water partition coefficient (Wildman–Crippen LogP) is 2.60. The number of hydrogen-bond donors (Lipinski definition) is 2. The van der Waals surface area contributed by atoms with Crippen molar-refractivity contribution in [2.45, 2.75) is 13.5 Å². The molecule has 0 saturated carbocycles. The van der Waals surface area contributed by atoms with Gasteiger partial charge in [0.25, 0.3) is 5.91 Å². The summed E-state index contributed by atoms with van der Waals surface area (Å²) in [5.74, 6) is 0.659. The number of hydrogen-bond acceptors (Lipinski definition) is 3.